The van der Waals surface area contributed by atoms with Crippen LogP contribution in [0.2, 0.25) is 0 Å². The van der Waals surface area contributed by atoms with Crippen LogP contribution in [0.25, 0.3) is 24.3 Å². The maximum atomic E-state index is 14.6. The van der Waals surface area contributed by atoms with Crippen LogP contribution in [-0.4, -0.2) is 115 Å². The second kappa shape index (κ2) is 45.4. The van der Waals surface area contributed by atoms with Crippen molar-refractivity contribution < 1.29 is 57.1 Å². The number of unbranched alkanes of at least 4 members (excludes halogenated alkanes) is 4. The standard InChI is InChI=1S/C100H92N12O16/c1-5-9-45-121-81-53-69-49-71-55-82(122-46-10-6-2)57-73(86(71)30-34-94(114)126-78-23-15-66(16-24-78)62-106-90-38-42-102-98(118)110-90)51-75-59-84(124-48-12-8-4)60-76(88(75)32-36-96(116)128-80-27-19-68(20-28-80)64-108-92-40-44-104-100(120)112-92)52-74-58-83(123-47-11-7-3)56-72(87(74)31-35-95(115)127-79-25-17-67(18-26-79)63-107-91-39-43-103-99(119)111-91)50-70(54-81)85(69)29-33-93(113)125-77-21-13-65(14-22-77)61-105-89-37-41-101-97(117)109-89/h13-44,53-64H,5-12,45-52H2,1-4H3,(H,101,109,117)(H,102,110,118)(H,103,111,119)(H,104,112,120). The summed E-state index contributed by atoms with van der Waals surface area (Å²) in [5.41, 5.74) is 8.07. The molecule has 28 heteroatoms. The summed E-state index contributed by atoms with van der Waals surface area (Å²) in [7, 11) is 0. The Morgan fingerprint density at radius 1 is 0.289 bits per heavy atom. The van der Waals surface area contributed by atoms with E-state index in [1.807, 2.05) is 48.5 Å². The molecule has 0 fully saturated rings. The number of carbonyl (C=O) groups excluding carboxylic acids is 4. The Labute approximate surface area is 736 Å². The van der Waals surface area contributed by atoms with Crippen LogP contribution in [0.3, 0.4) is 0 Å². The van der Waals surface area contributed by atoms with Gasteiger partial charge in [0.2, 0.25) is 0 Å². The van der Waals surface area contributed by atoms with Crippen molar-refractivity contribution in [2.45, 2.75) is 105 Å². The molecule has 0 saturated heterocycles. The molecular weight excluding hydrogens is 1630 g/mol. The Hall–Kier alpha value is -16.0. The van der Waals surface area contributed by atoms with Gasteiger partial charge in [0.1, 0.15) is 69.3 Å². The first-order valence-corrected chi connectivity index (χ1v) is 41.9. The van der Waals surface area contributed by atoms with E-state index in [9.17, 15) is 38.4 Å². The maximum Gasteiger partial charge on any atom is 0.346 e. The van der Waals surface area contributed by atoms with Crippen molar-refractivity contribution in [1.29, 1.82) is 0 Å². The number of carbonyl (C=O) groups is 4. The smallest absolute Gasteiger partial charge is 0.346 e. The summed E-state index contributed by atoms with van der Waals surface area (Å²) in [4.78, 5) is 149. The fourth-order valence-electron chi connectivity index (χ4n) is 13.5. The van der Waals surface area contributed by atoms with E-state index in [-0.39, 0.29) is 48.7 Å². The van der Waals surface area contributed by atoms with Crippen LogP contribution in [0.5, 0.6) is 46.0 Å². The van der Waals surface area contributed by atoms with E-state index < -0.39 is 46.6 Å². The van der Waals surface area contributed by atoms with Crippen LogP contribution in [0.15, 0.2) is 258 Å². The van der Waals surface area contributed by atoms with E-state index >= 15 is 0 Å². The summed E-state index contributed by atoms with van der Waals surface area (Å²) in [6, 6.07) is 48.5. The van der Waals surface area contributed by atoms with Crippen LogP contribution >= 0.6 is 0 Å². The third kappa shape index (κ3) is 27.0. The number of fused-ring (bicyclic) bond motifs is 8. The number of benzene rings is 8. The second-order valence-corrected chi connectivity index (χ2v) is 29.5. The topological polar surface area (TPSA) is 375 Å². The highest BCUT2D eigenvalue weighted by Crippen LogP contribution is 2.39. The number of aliphatic imine (C=N–C) groups is 4. The van der Waals surface area contributed by atoms with Crippen molar-refractivity contribution in [3.05, 3.63) is 350 Å². The predicted molar refractivity (Wildman–Crippen MR) is 491 cm³/mol. The Morgan fingerprint density at radius 2 is 0.484 bits per heavy atom. The molecule has 128 heavy (non-hydrogen) atoms. The molecule has 12 aromatic rings. The van der Waals surface area contributed by atoms with Gasteiger partial charge in [-0.2, -0.15) is 0 Å². The number of nitrogens with zero attached hydrogens (tertiary/aromatic N) is 8. The largest absolute Gasteiger partial charge is 0.494 e. The monoisotopic (exact) mass is 1720 g/mol. The van der Waals surface area contributed by atoms with E-state index in [2.05, 4.69) is 87.5 Å². The lowest BCUT2D eigenvalue weighted by Gasteiger charge is -2.23. The minimum Gasteiger partial charge on any atom is -0.494 e. The molecule has 4 aromatic heterocycles. The average Bonchev–Trinajstić information content (AvgIpc) is 0.769. The van der Waals surface area contributed by atoms with Gasteiger partial charge in [0.05, 0.1) is 26.4 Å². The van der Waals surface area contributed by atoms with Crippen molar-refractivity contribution in [2.24, 2.45) is 20.0 Å². The van der Waals surface area contributed by atoms with Gasteiger partial charge in [-0.3, -0.25) is 19.9 Å². The van der Waals surface area contributed by atoms with Gasteiger partial charge in [0.25, 0.3) is 0 Å². The molecule has 0 atom stereocenters. The van der Waals surface area contributed by atoms with Crippen molar-refractivity contribution in [3.8, 4) is 46.0 Å². The van der Waals surface area contributed by atoms with Gasteiger partial charge in [-0.05, 0) is 335 Å². The number of aromatic nitrogens is 8. The fraction of sp³-hybridized carbons (Fsp3) is 0.200. The summed E-state index contributed by atoms with van der Waals surface area (Å²) in [6.07, 6.45) is 30.4. The summed E-state index contributed by atoms with van der Waals surface area (Å²) < 4.78 is 51.3. The van der Waals surface area contributed by atoms with E-state index in [4.69, 9.17) is 37.9 Å². The molecule has 8 aromatic carbocycles. The third-order valence-corrected chi connectivity index (χ3v) is 19.9. The van der Waals surface area contributed by atoms with Gasteiger partial charge in [0.15, 0.2) is 0 Å². The molecule has 0 aliphatic heterocycles. The van der Waals surface area contributed by atoms with Crippen LogP contribution in [0.1, 0.15) is 168 Å². The minimum absolute atomic E-state index is 0.0962. The summed E-state index contributed by atoms with van der Waals surface area (Å²) in [5.74, 6) is 1.23. The van der Waals surface area contributed by atoms with Crippen molar-refractivity contribution in [3.63, 3.8) is 0 Å². The van der Waals surface area contributed by atoms with Gasteiger partial charge >= 0.3 is 46.6 Å². The lowest BCUT2D eigenvalue weighted by molar-refractivity contribution is -0.129. The lowest BCUT2D eigenvalue weighted by atomic mass is 9.84. The highest BCUT2D eigenvalue weighted by Gasteiger charge is 2.24. The molecule has 13 rings (SSSR count). The van der Waals surface area contributed by atoms with Crippen LogP contribution in [0.4, 0.5) is 23.3 Å². The van der Waals surface area contributed by atoms with E-state index in [0.717, 1.165) is 25.7 Å². The summed E-state index contributed by atoms with van der Waals surface area (Å²) in [6.45, 7) is 9.68. The van der Waals surface area contributed by atoms with Crippen LogP contribution in [0, 0.1) is 0 Å². The summed E-state index contributed by atoms with van der Waals surface area (Å²) in [5, 5.41) is 0. The number of H-pyrrole nitrogens is 4. The molecule has 1 aliphatic rings. The molecule has 28 nitrogen and oxygen atoms in total. The van der Waals surface area contributed by atoms with Gasteiger partial charge in [0, 0.05) is 73.9 Å². The quantitative estimate of drug-likeness (QED) is 0.00931. The van der Waals surface area contributed by atoms with E-state index in [1.54, 1.807) is 170 Å². The zero-order chi connectivity index (χ0) is 89.4. The molecule has 0 saturated carbocycles. The number of ether oxygens (including phenoxy) is 8. The molecule has 4 heterocycles. The fourth-order valence-corrected chi connectivity index (χ4v) is 13.5. The molecule has 8 bridgehead atoms. The number of hydrogen-bond acceptors (Lipinski definition) is 24. The maximum absolute atomic E-state index is 14.6. The third-order valence-electron chi connectivity index (χ3n) is 19.9. The van der Waals surface area contributed by atoms with Crippen LogP contribution < -0.4 is 60.7 Å². The van der Waals surface area contributed by atoms with Crippen molar-refractivity contribution in [2.75, 3.05) is 26.4 Å². The number of aromatic amines is 4. The molecule has 1 aliphatic carbocycles. The Kier molecular flexibility index (Phi) is 31.8. The SMILES string of the molecule is CCCCOc1cc2c(C=CC(=O)Oc3ccc(C=Nc4ccnc(=O)[nH]4)cc3)c(c1)Cc1cc(OCCCC)cc(c1C=CC(=O)Oc1ccc(C=Nc3ccnc(=O)[nH]3)cc1)Cc1cc(OCCCC)cc(c1C=CC(=O)Oc1ccc(C=Nc3ccnc(=O)[nH]3)cc1)Cc1cc(OCCCC)cc(c1C=CC(=O)Oc1ccc(C=Nc3ccnc(=O)[nH]3)cc1)C2. The normalized spacial score (nSPS) is 12.2. The van der Waals surface area contributed by atoms with Gasteiger partial charge in [-0.1, -0.05) is 53.4 Å². The highest BCUT2D eigenvalue weighted by atomic mass is 16.5. The molecule has 648 valence electrons. The molecule has 0 amide bonds. The first kappa shape index (κ1) is 89.7. The minimum atomic E-state index is -0.721. The first-order chi connectivity index (χ1) is 62.4. The number of hydrogen-bond donors (Lipinski definition) is 4. The Bertz CT molecular complexity index is 5590. The van der Waals surface area contributed by atoms with E-state index in [0.29, 0.717) is 187 Å². The Morgan fingerprint density at radius 3 is 0.664 bits per heavy atom. The Balaban J connectivity index is 0.993. The first-order valence-electron chi connectivity index (χ1n) is 41.9. The predicted octanol–water partition coefficient (Wildman–Crippen LogP) is 16.9. The molecule has 0 unspecified atom stereocenters. The van der Waals surface area contributed by atoms with Gasteiger partial charge < -0.3 is 37.9 Å². The molecular formula is C100H92N12O16. The van der Waals surface area contributed by atoms with Gasteiger partial charge in [-0.15, -0.1) is 0 Å². The number of rotatable bonds is 36. The average molecular weight is 1720 g/mol. The molecule has 0 radical (unpaired) electrons. The van der Waals surface area contributed by atoms with Crippen molar-refractivity contribution in [1.82, 2.24) is 39.9 Å². The van der Waals surface area contributed by atoms with Crippen molar-refractivity contribution >= 4 is 96.3 Å². The van der Waals surface area contributed by atoms with E-state index in [1.165, 1.54) is 49.1 Å². The number of nitrogens with one attached hydrogen (secondary N) is 4. The number of esters is 4. The zero-order valence-corrected chi connectivity index (χ0v) is 70.8. The molecule has 4 N–H and O–H groups in total. The van der Waals surface area contributed by atoms with Gasteiger partial charge in [-0.25, -0.2) is 78.3 Å². The highest BCUT2D eigenvalue weighted by molar-refractivity contribution is 5.94. The second-order valence-electron chi connectivity index (χ2n) is 29.5. The van der Waals surface area contributed by atoms with Crippen LogP contribution in [-0.2, 0) is 44.9 Å². The zero-order valence-electron chi connectivity index (χ0n) is 70.8. The summed E-state index contributed by atoms with van der Waals surface area (Å²) >= 11 is 0. The molecule has 0 spiro atoms. The lowest BCUT2D eigenvalue weighted by Crippen LogP contribution is -2.10.